The summed E-state index contributed by atoms with van der Waals surface area (Å²) in [6, 6.07) is 11.8. The van der Waals surface area contributed by atoms with Gasteiger partial charge in [0, 0.05) is 24.5 Å². The number of fused-ring (bicyclic) bond motifs is 2. The fourth-order valence-electron chi connectivity index (χ4n) is 3.22. The number of nitrogens with one attached hydrogen (secondary N) is 1. The second kappa shape index (κ2) is 7.85. The number of hydrogen-bond donors (Lipinski definition) is 1. The molecule has 0 spiro atoms. The molecule has 5 rings (SSSR count). The van der Waals surface area contributed by atoms with Gasteiger partial charge < -0.3 is 14.8 Å². The van der Waals surface area contributed by atoms with Crippen molar-refractivity contribution in [2.45, 2.75) is 6.42 Å². The van der Waals surface area contributed by atoms with Gasteiger partial charge in [0.25, 0.3) is 0 Å². The van der Waals surface area contributed by atoms with Gasteiger partial charge in [-0.15, -0.1) is 11.3 Å². The summed E-state index contributed by atoms with van der Waals surface area (Å²) >= 11 is 7.68. The molecule has 0 saturated heterocycles. The molecular weight excluding hydrogens is 408 g/mol. The summed E-state index contributed by atoms with van der Waals surface area (Å²) < 4.78 is 11.9. The van der Waals surface area contributed by atoms with E-state index >= 15 is 0 Å². The Labute approximate surface area is 176 Å². The molecule has 8 heteroatoms. The Bertz CT molecular complexity index is 1170. The van der Waals surface area contributed by atoms with Crippen molar-refractivity contribution in [3.05, 3.63) is 58.7 Å². The van der Waals surface area contributed by atoms with Gasteiger partial charge in [-0.25, -0.2) is 9.97 Å². The van der Waals surface area contributed by atoms with Crippen LogP contribution in [0.15, 0.2) is 48.8 Å². The second-order valence-corrected chi connectivity index (χ2v) is 8.22. The lowest BCUT2D eigenvalue weighted by atomic mass is 10.1. The summed E-state index contributed by atoms with van der Waals surface area (Å²) in [6.45, 7) is 1.90. The van der Waals surface area contributed by atoms with E-state index in [-0.39, 0.29) is 0 Å². The highest BCUT2D eigenvalue weighted by Crippen LogP contribution is 2.34. The van der Waals surface area contributed by atoms with Crippen LogP contribution in [0.5, 0.6) is 11.5 Å². The van der Waals surface area contributed by atoms with Crippen LogP contribution in [0.4, 0.5) is 5.82 Å². The Kier molecular flexibility index (Phi) is 4.91. The summed E-state index contributed by atoms with van der Waals surface area (Å²) in [4.78, 5) is 14.4. The highest BCUT2D eigenvalue weighted by molar-refractivity contribution is 7.22. The largest absolute Gasteiger partial charge is 0.486 e. The van der Waals surface area contributed by atoms with E-state index in [1.165, 1.54) is 16.9 Å². The lowest BCUT2D eigenvalue weighted by Gasteiger charge is -2.19. The molecule has 29 heavy (non-hydrogen) atoms. The Morgan fingerprint density at radius 3 is 2.83 bits per heavy atom. The van der Waals surface area contributed by atoms with E-state index in [0.29, 0.717) is 29.9 Å². The molecule has 1 aliphatic heterocycles. The number of anilines is 1. The minimum Gasteiger partial charge on any atom is -0.486 e. The average Bonchev–Trinajstić information content (AvgIpc) is 3.14. The summed E-state index contributed by atoms with van der Waals surface area (Å²) in [6.07, 6.45) is 4.31. The topological polar surface area (TPSA) is 69.2 Å². The van der Waals surface area contributed by atoms with Crippen molar-refractivity contribution in [3.8, 4) is 22.9 Å². The van der Waals surface area contributed by atoms with E-state index in [4.69, 9.17) is 26.1 Å². The minimum atomic E-state index is 0.587. The summed E-state index contributed by atoms with van der Waals surface area (Å²) in [5, 5.41) is 4.37. The van der Waals surface area contributed by atoms with Crippen LogP contribution in [0.25, 0.3) is 21.6 Å². The molecule has 6 nitrogen and oxygen atoms in total. The molecule has 0 saturated carbocycles. The molecule has 4 heterocycles. The van der Waals surface area contributed by atoms with Gasteiger partial charge in [0.05, 0.1) is 9.72 Å². The zero-order valence-corrected chi connectivity index (χ0v) is 17.0. The van der Waals surface area contributed by atoms with E-state index in [9.17, 15) is 0 Å². The van der Waals surface area contributed by atoms with Gasteiger partial charge >= 0.3 is 0 Å². The SMILES string of the molecule is Clc1cc2c(NCCc3ccc4c(c3)OCCO4)nc(-c3cccnc3)nc2s1. The molecule has 0 aliphatic carbocycles. The van der Waals surface area contributed by atoms with E-state index in [1.54, 1.807) is 12.4 Å². The van der Waals surface area contributed by atoms with Gasteiger partial charge in [0.2, 0.25) is 0 Å². The predicted molar refractivity (Wildman–Crippen MR) is 115 cm³/mol. The van der Waals surface area contributed by atoms with Gasteiger partial charge in [0.15, 0.2) is 17.3 Å². The smallest absolute Gasteiger partial charge is 0.164 e. The number of pyridine rings is 1. The van der Waals surface area contributed by atoms with Gasteiger partial charge in [-0.3, -0.25) is 4.98 Å². The fraction of sp³-hybridized carbons (Fsp3) is 0.190. The Hall–Kier alpha value is -2.90. The highest BCUT2D eigenvalue weighted by atomic mass is 35.5. The highest BCUT2D eigenvalue weighted by Gasteiger charge is 2.14. The van der Waals surface area contributed by atoms with Crippen LogP contribution < -0.4 is 14.8 Å². The van der Waals surface area contributed by atoms with Gasteiger partial charge in [-0.05, 0) is 42.3 Å². The first-order chi connectivity index (χ1) is 14.3. The maximum atomic E-state index is 6.24. The van der Waals surface area contributed by atoms with Crippen LogP contribution >= 0.6 is 22.9 Å². The van der Waals surface area contributed by atoms with Crippen molar-refractivity contribution >= 4 is 39.0 Å². The molecule has 4 aromatic rings. The number of hydrogen-bond acceptors (Lipinski definition) is 7. The van der Waals surface area contributed by atoms with E-state index < -0.39 is 0 Å². The molecular formula is C21H17ClN4O2S. The van der Waals surface area contributed by atoms with Crippen LogP contribution in [0, 0.1) is 0 Å². The molecule has 0 atom stereocenters. The van der Waals surface area contributed by atoms with Crippen molar-refractivity contribution < 1.29 is 9.47 Å². The van der Waals surface area contributed by atoms with E-state index in [1.807, 2.05) is 30.3 Å². The van der Waals surface area contributed by atoms with Crippen LogP contribution in [-0.4, -0.2) is 34.7 Å². The maximum Gasteiger partial charge on any atom is 0.164 e. The summed E-state index contributed by atoms with van der Waals surface area (Å²) in [5.41, 5.74) is 2.04. The van der Waals surface area contributed by atoms with Crippen molar-refractivity contribution in [1.29, 1.82) is 0 Å². The number of rotatable bonds is 5. The molecule has 3 aromatic heterocycles. The lowest BCUT2D eigenvalue weighted by molar-refractivity contribution is 0.171. The maximum absolute atomic E-state index is 6.24. The fourth-order valence-corrected chi connectivity index (χ4v) is 4.31. The zero-order chi connectivity index (χ0) is 19.6. The third kappa shape index (κ3) is 3.83. The average molecular weight is 425 g/mol. The molecule has 0 unspecified atom stereocenters. The van der Waals surface area contributed by atoms with E-state index in [2.05, 4.69) is 21.4 Å². The number of aromatic nitrogens is 3. The molecule has 1 aliphatic rings. The molecule has 0 bridgehead atoms. The number of ether oxygens (including phenoxy) is 2. The number of thiophene rings is 1. The first-order valence-corrected chi connectivity index (χ1v) is 10.5. The van der Waals surface area contributed by atoms with Crippen molar-refractivity contribution in [2.75, 3.05) is 25.1 Å². The van der Waals surface area contributed by atoms with Crippen LogP contribution in [0.3, 0.4) is 0 Å². The molecule has 0 amide bonds. The zero-order valence-electron chi connectivity index (χ0n) is 15.4. The van der Waals surface area contributed by atoms with Crippen molar-refractivity contribution in [1.82, 2.24) is 15.0 Å². The second-order valence-electron chi connectivity index (χ2n) is 6.56. The Morgan fingerprint density at radius 2 is 1.97 bits per heavy atom. The molecule has 1 N–H and O–H groups in total. The van der Waals surface area contributed by atoms with Crippen molar-refractivity contribution in [2.24, 2.45) is 0 Å². The number of benzene rings is 1. The van der Waals surface area contributed by atoms with Gasteiger partial charge in [-0.2, -0.15) is 0 Å². The lowest BCUT2D eigenvalue weighted by Crippen LogP contribution is -2.15. The third-order valence-corrected chi connectivity index (χ3v) is 5.75. The molecule has 0 radical (unpaired) electrons. The van der Waals surface area contributed by atoms with Crippen molar-refractivity contribution in [3.63, 3.8) is 0 Å². The number of nitrogens with zero attached hydrogens (tertiary/aromatic N) is 3. The summed E-state index contributed by atoms with van der Waals surface area (Å²) in [7, 11) is 0. The summed E-state index contributed by atoms with van der Waals surface area (Å²) in [5.74, 6) is 3.02. The normalized spacial score (nSPS) is 12.9. The minimum absolute atomic E-state index is 0.587. The number of halogens is 1. The Balaban J connectivity index is 1.38. The third-order valence-electron chi connectivity index (χ3n) is 4.60. The van der Waals surface area contributed by atoms with Crippen LogP contribution in [0.1, 0.15) is 5.56 Å². The van der Waals surface area contributed by atoms with Gasteiger partial charge in [0.1, 0.15) is 23.9 Å². The molecule has 146 valence electrons. The first kappa shape index (κ1) is 18.1. The first-order valence-electron chi connectivity index (χ1n) is 9.26. The van der Waals surface area contributed by atoms with E-state index in [0.717, 1.165) is 39.5 Å². The standard InChI is InChI=1S/C21H17ClN4O2S/c22-18-11-15-20(25-19(26-21(15)29-18)14-2-1-6-23-12-14)24-7-5-13-3-4-16-17(10-13)28-9-8-27-16/h1-4,6,10-12H,5,7-9H2,(H,24,25,26). The van der Waals surface area contributed by atoms with Gasteiger partial charge in [-0.1, -0.05) is 17.7 Å². The monoisotopic (exact) mass is 424 g/mol. The van der Waals surface area contributed by atoms with Crippen LogP contribution in [-0.2, 0) is 6.42 Å². The molecule has 0 fully saturated rings. The molecule has 1 aromatic carbocycles. The van der Waals surface area contributed by atoms with Crippen LogP contribution in [0.2, 0.25) is 4.34 Å². The Morgan fingerprint density at radius 1 is 1.07 bits per heavy atom. The predicted octanol–water partition coefficient (Wildman–Crippen LogP) is 4.83. The quantitative estimate of drug-likeness (QED) is 0.494.